The van der Waals surface area contributed by atoms with Crippen LogP contribution in [0.15, 0.2) is 35.7 Å². The largest absolute Gasteiger partial charge is 0.383 e. The molecule has 0 saturated carbocycles. The van der Waals surface area contributed by atoms with Crippen LogP contribution in [0.1, 0.15) is 86.9 Å². The fourth-order valence-corrected chi connectivity index (χ4v) is 6.37. The van der Waals surface area contributed by atoms with Gasteiger partial charge in [0.25, 0.3) is 5.91 Å². The molecule has 0 radical (unpaired) electrons. The highest BCUT2D eigenvalue weighted by Gasteiger charge is 2.34. The molecule has 1 aromatic carbocycles. The van der Waals surface area contributed by atoms with Crippen molar-refractivity contribution in [1.29, 1.82) is 0 Å². The van der Waals surface area contributed by atoms with E-state index in [2.05, 4.69) is 55.1 Å². The molecule has 4 rings (SSSR count). The quantitative estimate of drug-likeness (QED) is 0.315. The first kappa shape index (κ1) is 28.3. The van der Waals surface area contributed by atoms with E-state index in [1.807, 2.05) is 23.1 Å². The normalized spacial score (nSPS) is 16.6. The first-order valence-electron chi connectivity index (χ1n) is 14.0. The number of nitrogens with one attached hydrogen (secondary N) is 1. The number of thiophene rings is 1. The third-order valence-corrected chi connectivity index (χ3v) is 8.45. The third kappa shape index (κ3) is 6.29. The molecule has 1 aliphatic heterocycles. The maximum atomic E-state index is 13.5. The van der Waals surface area contributed by atoms with Crippen LogP contribution in [-0.2, 0) is 16.0 Å². The lowest BCUT2D eigenvalue weighted by Crippen LogP contribution is -2.51. The van der Waals surface area contributed by atoms with Crippen LogP contribution in [0.4, 0.5) is 0 Å². The van der Waals surface area contributed by atoms with Gasteiger partial charge < -0.3 is 19.5 Å². The number of ether oxygens (including phenoxy) is 1. The molecule has 38 heavy (non-hydrogen) atoms. The van der Waals surface area contributed by atoms with Crippen molar-refractivity contribution in [1.82, 2.24) is 19.8 Å². The number of benzene rings is 1. The predicted octanol–water partition coefficient (Wildman–Crippen LogP) is 5.83. The lowest BCUT2D eigenvalue weighted by molar-refractivity contribution is -0.135. The zero-order valence-electron chi connectivity index (χ0n) is 23.4. The van der Waals surface area contributed by atoms with Crippen LogP contribution in [0.2, 0.25) is 0 Å². The first-order chi connectivity index (χ1) is 18.4. The zero-order chi connectivity index (χ0) is 27.2. The van der Waals surface area contributed by atoms with E-state index in [1.54, 1.807) is 18.4 Å². The minimum atomic E-state index is -0.563. The number of rotatable bonds is 12. The van der Waals surface area contributed by atoms with Crippen LogP contribution >= 0.6 is 11.3 Å². The van der Waals surface area contributed by atoms with Gasteiger partial charge in [0.2, 0.25) is 5.91 Å². The van der Waals surface area contributed by atoms with Crippen LogP contribution in [-0.4, -0.2) is 58.6 Å². The van der Waals surface area contributed by atoms with Crippen molar-refractivity contribution in [2.75, 3.05) is 20.3 Å². The van der Waals surface area contributed by atoms with E-state index in [0.717, 1.165) is 49.0 Å². The molecule has 0 unspecified atom stereocenters. The summed E-state index contributed by atoms with van der Waals surface area (Å²) in [6.07, 6.45) is 5.30. The number of methoxy groups -OCH3 is 1. The Morgan fingerprint density at radius 3 is 2.66 bits per heavy atom. The molecule has 1 N–H and O–H groups in total. The van der Waals surface area contributed by atoms with Crippen LogP contribution in [0, 0.1) is 5.92 Å². The van der Waals surface area contributed by atoms with Crippen LogP contribution < -0.4 is 5.32 Å². The van der Waals surface area contributed by atoms with Gasteiger partial charge in [0.15, 0.2) is 0 Å². The highest BCUT2D eigenvalue weighted by molar-refractivity contribution is 7.09. The molecule has 1 aliphatic rings. The Hall–Kier alpha value is -2.71. The second-order valence-corrected chi connectivity index (χ2v) is 11.8. The van der Waals surface area contributed by atoms with Gasteiger partial charge in [-0.15, -0.1) is 11.3 Å². The van der Waals surface area contributed by atoms with Gasteiger partial charge in [0.1, 0.15) is 11.9 Å². The lowest BCUT2D eigenvalue weighted by atomic mass is 10.0. The maximum Gasteiger partial charge on any atom is 0.252 e. The summed E-state index contributed by atoms with van der Waals surface area (Å²) >= 11 is 1.74. The molecular weight excluding hydrogens is 496 g/mol. The van der Waals surface area contributed by atoms with E-state index >= 15 is 0 Å². The van der Waals surface area contributed by atoms with Gasteiger partial charge in [-0.3, -0.25) is 9.59 Å². The monoisotopic (exact) mass is 538 g/mol. The molecule has 8 heteroatoms. The molecule has 1 fully saturated rings. The Morgan fingerprint density at radius 2 is 2.00 bits per heavy atom. The smallest absolute Gasteiger partial charge is 0.252 e. The van der Waals surface area contributed by atoms with Crippen molar-refractivity contribution >= 4 is 34.2 Å². The number of imidazole rings is 1. The van der Waals surface area contributed by atoms with Crippen LogP contribution in [0.3, 0.4) is 0 Å². The average Bonchev–Trinajstić information content (AvgIpc) is 3.65. The SMILES string of the molecule is CCC(CC)n1c(Cc2cccs2)nc2cc(C(=O)N[C@@H](CC(C)C)C(=O)N3CCC[C@@H]3COC)ccc21. The predicted molar refractivity (Wildman–Crippen MR) is 154 cm³/mol. The van der Waals surface area contributed by atoms with Crippen LogP contribution in [0.25, 0.3) is 11.0 Å². The van der Waals surface area contributed by atoms with E-state index in [1.165, 1.54) is 4.88 Å². The van der Waals surface area contributed by atoms with Crippen molar-refractivity contribution in [3.8, 4) is 0 Å². The Balaban J connectivity index is 1.60. The molecule has 0 aliphatic carbocycles. The number of nitrogens with zero attached hydrogens (tertiary/aromatic N) is 3. The van der Waals surface area contributed by atoms with E-state index in [-0.39, 0.29) is 23.8 Å². The second kappa shape index (κ2) is 12.9. The molecule has 3 aromatic rings. The van der Waals surface area contributed by atoms with E-state index in [9.17, 15) is 9.59 Å². The number of hydrogen-bond donors (Lipinski definition) is 1. The number of amides is 2. The van der Waals surface area contributed by atoms with E-state index in [0.29, 0.717) is 31.2 Å². The Kier molecular flexibility index (Phi) is 9.60. The number of carbonyl (C=O) groups excluding carboxylic acids is 2. The summed E-state index contributed by atoms with van der Waals surface area (Å²) in [7, 11) is 1.67. The third-order valence-electron chi connectivity index (χ3n) is 7.57. The summed E-state index contributed by atoms with van der Waals surface area (Å²) in [6.45, 7) is 9.81. The number of hydrogen-bond acceptors (Lipinski definition) is 5. The molecule has 0 spiro atoms. The topological polar surface area (TPSA) is 76.5 Å². The molecule has 2 atom stereocenters. The minimum absolute atomic E-state index is 0.0103. The molecule has 7 nitrogen and oxygen atoms in total. The standard InChI is InChI=1S/C30H42N4O3S/c1-6-22(7-2)34-27-13-12-21(17-25(27)31-28(34)18-24-11-9-15-38-24)29(35)32-26(16-20(3)4)30(36)33-14-8-10-23(33)19-37-5/h9,11-13,15,17,20,22-23,26H,6-8,10,14,16,18-19H2,1-5H3,(H,32,35)/t23-,26+/m1/s1. The van der Waals surface area contributed by atoms with Crippen molar-refractivity contribution < 1.29 is 14.3 Å². The van der Waals surface area contributed by atoms with Crippen LogP contribution in [0.5, 0.6) is 0 Å². The van der Waals surface area contributed by atoms with Gasteiger partial charge in [-0.25, -0.2) is 4.98 Å². The summed E-state index contributed by atoms with van der Waals surface area (Å²) in [5.74, 6) is 1.06. The number of carbonyl (C=O) groups is 2. The number of aromatic nitrogens is 2. The van der Waals surface area contributed by atoms with Crippen molar-refractivity contribution in [2.45, 2.75) is 84.3 Å². The molecule has 3 heterocycles. The van der Waals surface area contributed by atoms with Gasteiger partial charge in [0.05, 0.1) is 23.7 Å². The Morgan fingerprint density at radius 1 is 1.21 bits per heavy atom. The summed E-state index contributed by atoms with van der Waals surface area (Å²) in [4.78, 5) is 35.2. The van der Waals surface area contributed by atoms with E-state index in [4.69, 9.17) is 9.72 Å². The highest BCUT2D eigenvalue weighted by atomic mass is 32.1. The zero-order valence-corrected chi connectivity index (χ0v) is 24.2. The fraction of sp³-hybridized carbons (Fsp3) is 0.567. The molecule has 0 bridgehead atoms. The van der Waals surface area contributed by atoms with Crippen molar-refractivity contribution in [3.05, 3.63) is 52.0 Å². The van der Waals surface area contributed by atoms with Gasteiger partial charge >= 0.3 is 0 Å². The highest BCUT2D eigenvalue weighted by Crippen LogP contribution is 2.29. The minimum Gasteiger partial charge on any atom is -0.383 e. The summed E-state index contributed by atoms with van der Waals surface area (Å²) < 4.78 is 7.70. The average molecular weight is 539 g/mol. The molecule has 2 amide bonds. The van der Waals surface area contributed by atoms with Gasteiger partial charge in [-0.05, 0) is 67.7 Å². The number of likely N-dealkylation sites (tertiary alicyclic amines) is 1. The van der Waals surface area contributed by atoms with Gasteiger partial charge in [0, 0.05) is 36.6 Å². The Labute approximate surface area is 230 Å². The molecule has 206 valence electrons. The van der Waals surface area contributed by atoms with Gasteiger partial charge in [-0.1, -0.05) is 33.8 Å². The summed E-state index contributed by atoms with van der Waals surface area (Å²) in [5.41, 5.74) is 2.41. The first-order valence-corrected chi connectivity index (χ1v) is 14.9. The van der Waals surface area contributed by atoms with Crippen molar-refractivity contribution in [3.63, 3.8) is 0 Å². The number of fused-ring (bicyclic) bond motifs is 1. The molecule has 2 aromatic heterocycles. The lowest BCUT2D eigenvalue weighted by Gasteiger charge is -2.29. The molecule has 1 saturated heterocycles. The van der Waals surface area contributed by atoms with Gasteiger partial charge in [-0.2, -0.15) is 0 Å². The van der Waals surface area contributed by atoms with Crippen molar-refractivity contribution in [2.24, 2.45) is 5.92 Å². The summed E-state index contributed by atoms with van der Waals surface area (Å²) in [5, 5.41) is 5.16. The molecular formula is C30H42N4O3S. The second-order valence-electron chi connectivity index (χ2n) is 10.8. The summed E-state index contributed by atoms with van der Waals surface area (Å²) in [6, 6.07) is 9.84. The fourth-order valence-electron chi connectivity index (χ4n) is 5.67. The Bertz CT molecular complexity index is 1220. The van der Waals surface area contributed by atoms with E-state index < -0.39 is 6.04 Å². The maximum absolute atomic E-state index is 13.5.